The highest BCUT2D eigenvalue weighted by atomic mass is 16.5. The molecule has 0 aromatic heterocycles. The number of likely N-dealkylation sites (tertiary alicyclic amines) is 1. The third-order valence-corrected chi connectivity index (χ3v) is 4.51. The molecular weight excluding hydrogens is 336 g/mol. The summed E-state index contributed by atoms with van der Waals surface area (Å²) in [5.41, 5.74) is 1.86. The Bertz CT molecular complexity index is 666. The number of hydrogen-bond donors (Lipinski definition) is 1. The van der Waals surface area contributed by atoms with Gasteiger partial charge in [0.2, 0.25) is 5.91 Å². The Morgan fingerprint density at radius 3 is 2.54 bits per heavy atom. The van der Waals surface area contributed by atoms with E-state index < -0.39 is 5.97 Å². The van der Waals surface area contributed by atoms with E-state index in [1.165, 1.54) is 7.11 Å². The van der Waals surface area contributed by atoms with Crippen molar-refractivity contribution in [3.05, 3.63) is 29.3 Å². The summed E-state index contributed by atoms with van der Waals surface area (Å²) >= 11 is 0. The lowest BCUT2D eigenvalue weighted by atomic mass is 9.97. The summed E-state index contributed by atoms with van der Waals surface area (Å²) in [5, 5.41) is 2.85. The average Bonchev–Trinajstić information content (AvgIpc) is 2.63. The number of carbonyl (C=O) groups is 3. The molecule has 142 valence electrons. The number of anilines is 1. The lowest BCUT2D eigenvalue weighted by Crippen LogP contribution is -2.41. The Labute approximate surface area is 153 Å². The van der Waals surface area contributed by atoms with Crippen LogP contribution >= 0.6 is 0 Å². The number of methoxy groups -OCH3 is 1. The van der Waals surface area contributed by atoms with Crippen molar-refractivity contribution in [3.63, 3.8) is 0 Å². The summed E-state index contributed by atoms with van der Waals surface area (Å²) in [6.07, 6.45) is 1.39. The number of nitrogens with zero attached hydrogens (tertiary/aromatic N) is 1. The van der Waals surface area contributed by atoms with Crippen LogP contribution in [0.25, 0.3) is 0 Å². The maximum absolute atomic E-state index is 12.3. The number of piperidine rings is 1. The number of nitrogens with one attached hydrogen (secondary N) is 1. The summed E-state index contributed by atoms with van der Waals surface area (Å²) in [6.45, 7) is 5.66. The molecule has 1 heterocycles. The smallest absolute Gasteiger partial charge is 0.337 e. The van der Waals surface area contributed by atoms with Crippen LogP contribution in [0.15, 0.2) is 18.2 Å². The molecule has 1 aromatic carbocycles. The second kappa shape index (κ2) is 9.33. The standard InChI is InChI=1S/C19H26N2O5/c1-4-26-19(24)14-7-9-21(10-8-14)12-17(22)20-16-11-15(18(23)25-3)6-5-13(16)2/h5-6,11,14H,4,7-10,12H2,1-3H3,(H,20,22). The molecule has 0 radical (unpaired) electrons. The number of hydrogen-bond acceptors (Lipinski definition) is 6. The third kappa shape index (κ3) is 5.29. The number of ether oxygens (including phenoxy) is 2. The Balaban J connectivity index is 1.88. The Morgan fingerprint density at radius 1 is 1.23 bits per heavy atom. The van der Waals surface area contributed by atoms with E-state index >= 15 is 0 Å². The highest BCUT2D eigenvalue weighted by molar-refractivity contribution is 5.96. The van der Waals surface area contributed by atoms with Crippen LogP contribution in [0.5, 0.6) is 0 Å². The summed E-state index contributed by atoms with van der Waals surface area (Å²) in [5.74, 6) is -0.814. The van der Waals surface area contributed by atoms with Crippen molar-refractivity contribution >= 4 is 23.5 Å². The van der Waals surface area contributed by atoms with Gasteiger partial charge in [0, 0.05) is 5.69 Å². The molecule has 1 N–H and O–H groups in total. The van der Waals surface area contributed by atoms with Crippen molar-refractivity contribution < 1.29 is 23.9 Å². The first-order valence-corrected chi connectivity index (χ1v) is 8.82. The topological polar surface area (TPSA) is 84.9 Å². The molecule has 0 bridgehead atoms. The van der Waals surface area contributed by atoms with E-state index in [-0.39, 0.29) is 24.3 Å². The summed E-state index contributed by atoms with van der Waals surface area (Å²) < 4.78 is 9.76. The normalized spacial score (nSPS) is 15.3. The van der Waals surface area contributed by atoms with E-state index in [9.17, 15) is 14.4 Å². The molecule has 1 aromatic rings. The molecule has 2 rings (SSSR count). The molecule has 7 heteroatoms. The van der Waals surface area contributed by atoms with Crippen LogP contribution in [-0.2, 0) is 19.1 Å². The second-order valence-electron chi connectivity index (χ2n) is 6.37. The molecule has 0 aliphatic carbocycles. The minimum Gasteiger partial charge on any atom is -0.466 e. The zero-order valence-electron chi connectivity index (χ0n) is 15.5. The minimum absolute atomic E-state index is 0.0757. The highest BCUT2D eigenvalue weighted by Crippen LogP contribution is 2.20. The Hall–Kier alpha value is -2.41. The van der Waals surface area contributed by atoms with Crippen LogP contribution in [0.3, 0.4) is 0 Å². The van der Waals surface area contributed by atoms with E-state index in [1.54, 1.807) is 25.1 Å². The van der Waals surface area contributed by atoms with Crippen molar-refractivity contribution in [2.24, 2.45) is 5.92 Å². The first-order chi connectivity index (χ1) is 12.4. The monoisotopic (exact) mass is 362 g/mol. The molecule has 1 fully saturated rings. The number of amides is 1. The van der Waals surface area contributed by atoms with E-state index in [0.717, 1.165) is 5.56 Å². The molecule has 0 atom stereocenters. The van der Waals surface area contributed by atoms with E-state index in [0.29, 0.717) is 43.8 Å². The van der Waals surface area contributed by atoms with Crippen molar-refractivity contribution in [1.82, 2.24) is 4.90 Å². The molecule has 0 spiro atoms. The van der Waals surface area contributed by atoms with E-state index in [2.05, 4.69) is 5.32 Å². The fourth-order valence-electron chi connectivity index (χ4n) is 2.98. The molecular formula is C19H26N2O5. The number of esters is 2. The Morgan fingerprint density at radius 2 is 1.92 bits per heavy atom. The van der Waals surface area contributed by atoms with Crippen LogP contribution < -0.4 is 5.32 Å². The Kier molecular flexibility index (Phi) is 7.15. The fraction of sp³-hybridized carbons (Fsp3) is 0.526. The van der Waals surface area contributed by atoms with Gasteiger partial charge in [0.15, 0.2) is 0 Å². The number of benzene rings is 1. The molecule has 7 nitrogen and oxygen atoms in total. The summed E-state index contributed by atoms with van der Waals surface area (Å²) in [4.78, 5) is 37.7. The maximum atomic E-state index is 12.3. The van der Waals surface area contributed by atoms with Crippen LogP contribution in [0.2, 0.25) is 0 Å². The van der Waals surface area contributed by atoms with Crippen molar-refractivity contribution in [3.8, 4) is 0 Å². The minimum atomic E-state index is -0.443. The van der Waals surface area contributed by atoms with Gasteiger partial charge in [-0.3, -0.25) is 14.5 Å². The van der Waals surface area contributed by atoms with Crippen molar-refractivity contribution in [2.75, 3.05) is 38.7 Å². The molecule has 1 amide bonds. The van der Waals surface area contributed by atoms with Gasteiger partial charge < -0.3 is 14.8 Å². The molecule has 0 saturated carbocycles. The number of aryl methyl sites for hydroxylation is 1. The first-order valence-electron chi connectivity index (χ1n) is 8.82. The van der Waals surface area contributed by atoms with Gasteiger partial charge in [-0.05, 0) is 57.5 Å². The van der Waals surface area contributed by atoms with Gasteiger partial charge in [-0.15, -0.1) is 0 Å². The molecule has 26 heavy (non-hydrogen) atoms. The van der Waals surface area contributed by atoms with Crippen molar-refractivity contribution in [1.29, 1.82) is 0 Å². The first kappa shape index (κ1) is 19.9. The van der Waals surface area contributed by atoms with Crippen LogP contribution in [0.1, 0.15) is 35.7 Å². The van der Waals surface area contributed by atoms with Gasteiger partial charge >= 0.3 is 11.9 Å². The highest BCUT2D eigenvalue weighted by Gasteiger charge is 2.26. The molecule has 1 aliphatic heterocycles. The molecule has 0 unspecified atom stereocenters. The molecule has 1 saturated heterocycles. The predicted molar refractivity (Wildman–Crippen MR) is 96.9 cm³/mol. The maximum Gasteiger partial charge on any atom is 0.337 e. The van der Waals surface area contributed by atoms with Crippen LogP contribution in [-0.4, -0.2) is 56.1 Å². The summed E-state index contributed by atoms with van der Waals surface area (Å²) in [6, 6.07) is 5.05. The van der Waals surface area contributed by atoms with E-state index in [1.807, 2.05) is 11.8 Å². The predicted octanol–water partition coefficient (Wildman–Crippen LogP) is 2.00. The zero-order chi connectivity index (χ0) is 19.1. The fourth-order valence-corrected chi connectivity index (χ4v) is 2.98. The second-order valence-corrected chi connectivity index (χ2v) is 6.37. The van der Waals surface area contributed by atoms with Gasteiger partial charge in [0.1, 0.15) is 0 Å². The van der Waals surface area contributed by atoms with Gasteiger partial charge in [0.25, 0.3) is 0 Å². The van der Waals surface area contributed by atoms with Gasteiger partial charge in [-0.1, -0.05) is 6.07 Å². The quantitative estimate of drug-likeness (QED) is 0.779. The van der Waals surface area contributed by atoms with Gasteiger partial charge in [-0.2, -0.15) is 0 Å². The zero-order valence-corrected chi connectivity index (χ0v) is 15.5. The van der Waals surface area contributed by atoms with Crippen LogP contribution in [0.4, 0.5) is 5.69 Å². The van der Waals surface area contributed by atoms with Crippen molar-refractivity contribution in [2.45, 2.75) is 26.7 Å². The largest absolute Gasteiger partial charge is 0.466 e. The average molecular weight is 362 g/mol. The van der Waals surface area contributed by atoms with Gasteiger partial charge in [0.05, 0.1) is 31.7 Å². The molecule has 1 aliphatic rings. The summed E-state index contributed by atoms with van der Waals surface area (Å²) in [7, 11) is 1.32. The lowest BCUT2D eigenvalue weighted by molar-refractivity contribution is -0.149. The number of carbonyl (C=O) groups excluding carboxylic acids is 3. The van der Waals surface area contributed by atoms with E-state index in [4.69, 9.17) is 9.47 Å². The lowest BCUT2D eigenvalue weighted by Gasteiger charge is -2.30. The number of rotatable bonds is 6. The van der Waals surface area contributed by atoms with Gasteiger partial charge in [-0.25, -0.2) is 4.79 Å². The third-order valence-electron chi connectivity index (χ3n) is 4.51. The van der Waals surface area contributed by atoms with Crippen LogP contribution in [0, 0.1) is 12.8 Å². The SMILES string of the molecule is CCOC(=O)C1CCN(CC(=O)Nc2cc(C(=O)OC)ccc2C)CC1.